The number of nitrogens with zero attached hydrogens (tertiary/aromatic N) is 1. The van der Waals surface area contributed by atoms with Gasteiger partial charge in [0, 0.05) is 24.2 Å². The number of ketones is 2. The molecular weight excluding hydrogens is 562 g/mol. The number of methoxy groups -OCH3 is 1. The van der Waals surface area contributed by atoms with Gasteiger partial charge in [-0.15, -0.1) is 0 Å². The summed E-state index contributed by atoms with van der Waals surface area (Å²) in [5.74, 6) is -0.300. The molecule has 0 atom stereocenters. The number of benzene rings is 3. The first-order valence-electron chi connectivity index (χ1n) is 16.8. The molecule has 4 rings (SSSR count). The number of para-hydroxylation sites is 2. The number of fused-ring (bicyclic) bond motifs is 2. The van der Waals surface area contributed by atoms with Gasteiger partial charge in [-0.1, -0.05) is 114 Å². The average molecular weight is 612 g/mol. The van der Waals surface area contributed by atoms with Crippen LogP contribution in [0.3, 0.4) is 0 Å². The van der Waals surface area contributed by atoms with Crippen LogP contribution in [0.2, 0.25) is 0 Å². The van der Waals surface area contributed by atoms with Crippen LogP contribution < -0.4 is 15.8 Å². The van der Waals surface area contributed by atoms with Crippen LogP contribution in [-0.4, -0.2) is 42.6 Å². The number of anilines is 3. The molecule has 0 saturated heterocycles. The molecule has 0 aliphatic heterocycles. The van der Waals surface area contributed by atoms with Gasteiger partial charge < -0.3 is 20.7 Å². The number of rotatable bonds is 18. The normalized spacial score (nSPS) is 12.1. The highest BCUT2D eigenvalue weighted by Gasteiger charge is 2.36. The summed E-state index contributed by atoms with van der Waals surface area (Å²) in [6, 6.07) is 15.8. The van der Waals surface area contributed by atoms with E-state index < -0.39 is 0 Å². The van der Waals surface area contributed by atoms with Gasteiger partial charge in [-0.3, -0.25) is 14.4 Å². The van der Waals surface area contributed by atoms with E-state index in [4.69, 9.17) is 10.5 Å². The predicted molar refractivity (Wildman–Crippen MR) is 183 cm³/mol. The van der Waals surface area contributed by atoms with Crippen molar-refractivity contribution in [2.75, 3.05) is 31.2 Å². The van der Waals surface area contributed by atoms with Crippen molar-refractivity contribution in [3.8, 4) is 5.75 Å². The number of unbranched alkanes of at least 4 members (excludes halogenated alkanes) is 10. The van der Waals surface area contributed by atoms with Crippen LogP contribution in [0.1, 0.15) is 133 Å². The van der Waals surface area contributed by atoms with Gasteiger partial charge in [0.15, 0.2) is 11.6 Å². The van der Waals surface area contributed by atoms with E-state index in [1.807, 2.05) is 29.2 Å². The van der Waals surface area contributed by atoms with Crippen molar-refractivity contribution in [1.82, 2.24) is 4.90 Å². The van der Waals surface area contributed by atoms with Crippen LogP contribution >= 0.6 is 0 Å². The molecule has 7 heteroatoms. The first-order valence-corrected chi connectivity index (χ1v) is 16.8. The molecule has 0 aromatic heterocycles. The first-order chi connectivity index (χ1) is 21.9. The fourth-order valence-electron chi connectivity index (χ4n) is 6.14. The maximum atomic E-state index is 14.3. The molecule has 3 aromatic rings. The lowest BCUT2D eigenvalue weighted by molar-refractivity contribution is 0.0750. The minimum Gasteiger partial charge on any atom is -0.495 e. The molecule has 1 aliphatic rings. The Hall–Kier alpha value is -4.13. The lowest BCUT2D eigenvalue weighted by atomic mass is 9.81. The van der Waals surface area contributed by atoms with Crippen molar-refractivity contribution in [3.05, 3.63) is 82.4 Å². The molecule has 0 fully saturated rings. The minimum atomic E-state index is -0.353. The van der Waals surface area contributed by atoms with E-state index in [2.05, 4.69) is 19.2 Å². The molecule has 3 N–H and O–H groups in total. The number of amides is 1. The second-order valence-electron chi connectivity index (χ2n) is 12.0. The van der Waals surface area contributed by atoms with Crippen LogP contribution in [0, 0.1) is 0 Å². The van der Waals surface area contributed by atoms with Gasteiger partial charge in [0.1, 0.15) is 5.75 Å². The zero-order valence-electron chi connectivity index (χ0n) is 27.3. The smallest absolute Gasteiger partial charge is 0.256 e. The van der Waals surface area contributed by atoms with Gasteiger partial charge in [0.25, 0.3) is 5.91 Å². The molecular formula is C38H49N3O4. The first kappa shape index (κ1) is 33.8. The lowest BCUT2D eigenvalue weighted by Crippen LogP contribution is -2.34. The second kappa shape index (κ2) is 16.8. The fraction of sp³-hybridized carbons (Fsp3) is 0.447. The molecule has 240 valence electrons. The molecule has 0 unspecified atom stereocenters. The minimum absolute atomic E-state index is 0.0596. The molecule has 1 aliphatic carbocycles. The molecule has 45 heavy (non-hydrogen) atoms. The van der Waals surface area contributed by atoms with Crippen molar-refractivity contribution in [3.63, 3.8) is 0 Å². The zero-order valence-corrected chi connectivity index (χ0v) is 27.3. The SMILES string of the molecule is CCCCCCCCN(CCCCCCCC)C(=O)c1cc(Nc2ccccc2OC)c2c(c1N)C(=O)c1ccccc1C2=O. The third-order valence-electron chi connectivity index (χ3n) is 8.70. The number of carbonyl (C=O) groups is 3. The van der Waals surface area contributed by atoms with Crippen LogP contribution in [-0.2, 0) is 0 Å². The predicted octanol–water partition coefficient (Wildman–Crippen LogP) is 8.96. The van der Waals surface area contributed by atoms with E-state index in [1.54, 1.807) is 37.4 Å². The summed E-state index contributed by atoms with van der Waals surface area (Å²) in [5.41, 5.74) is 8.87. The summed E-state index contributed by atoms with van der Waals surface area (Å²) in [5, 5.41) is 3.31. The summed E-state index contributed by atoms with van der Waals surface area (Å²) in [6.45, 7) is 5.67. The molecule has 7 nitrogen and oxygen atoms in total. The van der Waals surface area contributed by atoms with E-state index in [9.17, 15) is 14.4 Å². The Bertz CT molecular complexity index is 1470. The summed E-state index contributed by atoms with van der Waals surface area (Å²) >= 11 is 0. The Labute approximate surface area is 268 Å². The number of ether oxygens (including phenoxy) is 1. The van der Waals surface area contributed by atoms with Gasteiger partial charge in [-0.25, -0.2) is 0 Å². The fourth-order valence-corrected chi connectivity index (χ4v) is 6.14. The number of nitrogens with one attached hydrogen (secondary N) is 1. The number of nitrogens with two attached hydrogens (primary N) is 1. The van der Waals surface area contributed by atoms with E-state index in [0.29, 0.717) is 41.3 Å². The third-order valence-corrected chi connectivity index (χ3v) is 8.70. The van der Waals surface area contributed by atoms with E-state index in [1.165, 1.54) is 38.5 Å². The third kappa shape index (κ3) is 8.13. The van der Waals surface area contributed by atoms with Crippen LogP contribution in [0.15, 0.2) is 54.6 Å². The van der Waals surface area contributed by atoms with Gasteiger partial charge in [0.05, 0.1) is 40.9 Å². The van der Waals surface area contributed by atoms with E-state index in [-0.39, 0.29) is 39.9 Å². The summed E-state index contributed by atoms with van der Waals surface area (Å²) in [4.78, 5) is 44.1. The molecule has 0 spiro atoms. The van der Waals surface area contributed by atoms with Crippen LogP contribution in [0.4, 0.5) is 17.1 Å². The molecule has 1 amide bonds. The number of hydrogen-bond acceptors (Lipinski definition) is 6. The van der Waals surface area contributed by atoms with Gasteiger partial charge in [0.2, 0.25) is 0 Å². The van der Waals surface area contributed by atoms with E-state index in [0.717, 1.165) is 38.5 Å². The maximum absolute atomic E-state index is 14.3. The highest BCUT2D eigenvalue weighted by atomic mass is 16.5. The van der Waals surface area contributed by atoms with Gasteiger partial charge in [-0.2, -0.15) is 0 Å². The molecule has 0 heterocycles. The lowest BCUT2D eigenvalue weighted by Gasteiger charge is -2.27. The maximum Gasteiger partial charge on any atom is 0.256 e. The Morgan fingerprint density at radius 2 is 1.22 bits per heavy atom. The molecule has 0 radical (unpaired) electrons. The van der Waals surface area contributed by atoms with Crippen molar-refractivity contribution in [2.24, 2.45) is 0 Å². The summed E-state index contributed by atoms with van der Waals surface area (Å²) in [7, 11) is 1.57. The van der Waals surface area contributed by atoms with Crippen molar-refractivity contribution >= 4 is 34.5 Å². The van der Waals surface area contributed by atoms with Crippen LogP contribution in [0.25, 0.3) is 0 Å². The largest absolute Gasteiger partial charge is 0.495 e. The Balaban J connectivity index is 1.72. The summed E-state index contributed by atoms with van der Waals surface area (Å²) < 4.78 is 5.55. The van der Waals surface area contributed by atoms with Crippen LogP contribution in [0.5, 0.6) is 5.75 Å². The quantitative estimate of drug-likeness (QED) is 0.0860. The van der Waals surface area contributed by atoms with Gasteiger partial charge in [-0.05, 0) is 31.0 Å². The number of nitrogen functional groups attached to an aromatic ring is 1. The Morgan fingerprint density at radius 3 is 1.80 bits per heavy atom. The molecule has 0 saturated carbocycles. The zero-order chi connectivity index (χ0) is 32.2. The topological polar surface area (TPSA) is 102 Å². The van der Waals surface area contributed by atoms with E-state index >= 15 is 0 Å². The monoisotopic (exact) mass is 611 g/mol. The standard InChI is InChI=1S/C38H49N3O4/c1-4-6-8-10-12-18-24-41(25-19-13-11-9-7-5-2)38(44)29-26-31(40-30-22-16-17-23-32(30)45-3)33-34(35(29)39)37(43)28-21-15-14-20-27(28)36(33)42/h14-17,20-23,26,40H,4-13,18-19,24-25,39H2,1-3H3. The molecule has 0 bridgehead atoms. The Kier molecular flexibility index (Phi) is 12.6. The number of carbonyl (C=O) groups excluding carboxylic acids is 3. The Morgan fingerprint density at radius 1 is 0.711 bits per heavy atom. The summed E-state index contributed by atoms with van der Waals surface area (Å²) in [6.07, 6.45) is 13.5. The van der Waals surface area contributed by atoms with Gasteiger partial charge >= 0.3 is 0 Å². The second-order valence-corrected chi connectivity index (χ2v) is 12.0. The van der Waals surface area contributed by atoms with Crippen molar-refractivity contribution < 1.29 is 19.1 Å². The van der Waals surface area contributed by atoms with Crippen molar-refractivity contribution in [1.29, 1.82) is 0 Å². The molecule has 3 aromatic carbocycles. The number of hydrogen-bond donors (Lipinski definition) is 2. The highest BCUT2D eigenvalue weighted by Crippen LogP contribution is 2.40. The van der Waals surface area contributed by atoms with Crippen molar-refractivity contribution in [2.45, 2.75) is 90.9 Å². The highest BCUT2D eigenvalue weighted by molar-refractivity contribution is 6.33. The average Bonchev–Trinajstić information content (AvgIpc) is 3.06.